The quantitative estimate of drug-likeness (QED) is 0.875. The monoisotopic (exact) mass is 263 g/mol. The zero-order valence-corrected chi connectivity index (χ0v) is 11.2. The van der Waals surface area contributed by atoms with Crippen molar-refractivity contribution in [3.63, 3.8) is 0 Å². The Balaban J connectivity index is 1.69. The lowest BCUT2D eigenvalue weighted by Gasteiger charge is -2.30. The second-order valence-corrected chi connectivity index (χ2v) is 5.47. The van der Waals surface area contributed by atoms with Crippen LogP contribution in [0.1, 0.15) is 18.3 Å². The Kier molecular flexibility index (Phi) is 3.29. The van der Waals surface area contributed by atoms with Gasteiger partial charge < -0.3 is 10.2 Å². The zero-order valence-electron chi connectivity index (χ0n) is 10.4. The number of aromatic nitrogens is 3. The van der Waals surface area contributed by atoms with Gasteiger partial charge in [0.2, 0.25) is 5.95 Å². The van der Waals surface area contributed by atoms with Gasteiger partial charge >= 0.3 is 0 Å². The minimum atomic E-state index is 0.498. The van der Waals surface area contributed by atoms with Gasteiger partial charge in [0.05, 0.1) is 0 Å². The van der Waals surface area contributed by atoms with Crippen LogP contribution in [0.3, 0.4) is 0 Å². The fraction of sp³-hybridized carbons (Fsp3) is 0.500. The Hall–Kier alpha value is -1.40. The van der Waals surface area contributed by atoms with Gasteiger partial charge in [-0.3, -0.25) is 5.10 Å². The van der Waals surface area contributed by atoms with Gasteiger partial charge in [-0.2, -0.15) is 16.3 Å². The second-order valence-electron chi connectivity index (χ2n) is 4.69. The van der Waals surface area contributed by atoms with E-state index in [0.29, 0.717) is 6.04 Å². The van der Waals surface area contributed by atoms with Crippen molar-refractivity contribution in [1.82, 2.24) is 20.5 Å². The molecule has 6 heteroatoms. The van der Waals surface area contributed by atoms with Crippen molar-refractivity contribution in [3.8, 4) is 0 Å². The predicted octanol–water partition coefficient (Wildman–Crippen LogP) is 1.26. The van der Waals surface area contributed by atoms with Crippen LogP contribution in [-0.2, 0) is 6.42 Å². The normalized spacial score (nSPS) is 20.3. The first-order chi connectivity index (χ1) is 8.81. The van der Waals surface area contributed by atoms with E-state index in [-0.39, 0.29) is 0 Å². The molecule has 0 amide bonds. The van der Waals surface area contributed by atoms with Crippen molar-refractivity contribution in [2.45, 2.75) is 19.4 Å². The van der Waals surface area contributed by atoms with Gasteiger partial charge in [-0.15, -0.1) is 5.10 Å². The van der Waals surface area contributed by atoms with Crippen molar-refractivity contribution in [2.75, 3.05) is 24.5 Å². The van der Waals surface area contributed by atoms with Gasteiger partial charge in [-0.05, 0) is 29.3 Å². The molecule has 0 radical (unpaired) electrons. The van der Waals surface area contributed by atoms with E-state index in [9.17, 15) is 0 Å². The molecule has 18 heavy (non-hydrogen) atoms. The Morgan fingerprint density at radius 3 is 3.28 bits per heavy atom. The number of nitrogens with zero attached hydrogens (tertiary/aromatic N) is 3. The topological polar surface area (TPSA) is 56.8 Å². The van der Waals surface area contributed by atoms with Crippen LogP contribution < -0.4 is 10.2 Å². The molecule has 0 saturated carbocycles. The average molecular weight is 263 g/mol. The summed E-state index contributed by atoms with van der Waals surface area (Å²) in [5.41, 5.74) is 1.29. The SMILES string of the molecule is C[C@@H]1CN(c2n[nH]c(Cc3ccsc3)n2)CCN1. The third kappa shape index (κ3) is 2.54. The molecule has 0 spiro atoms. The highest BCUT2D eigenvalue weighted by Gasteiger charge is 2.19. The van der Waals surface area contributed by atoms with Crippen LogP contribution in [0.5, 0.6) is 0 Å². The number of H-pyrrole nitrogens is 1. The molecule has 3 heterocycles. The lowest BCUT2D eigenvalue weighted by Crippen LogP contribution is -2.49. The van der Waals surface area contributed by atoms with E-state index in [1.807, 2.05) is 0 Å². The highest BCUT2D eigenvalue weighted by Crippen LogP contribution is 2.13. The molecule has 2 N–H and O–H groups in total. The highest BCUT2D eigenvalue weighted by molar-refractivity contribution is 7.07. The summed E-state index contributed by atoms with van der Waals surface area (Å²) in [4.78, 5) is 6.81. The molecule has 0 aromatic carbocycles. The van der Waals surface area contributed by atoms with Gasteiger partial charge in [0.15, 0.2) is 0 Å². The molecular formula is C12H17N5S. The molecule has 1 aliphatic heterocycles. The number of thiophene rings is 1. The Morgan fingerprint density at radius 2 is 2.50 bits per heavy atom. The number of hydrogen-bond acceptors (Lipinski definition) is 5. The largest absolute Gasteiger partial charge is 0.337 e. The number of nitrogens with one attached hydrogen (secondary N) is 2. The van der Waals surface area contributed by atoms with Crippen LogP contribution in [0.15, 0.2) is 16.8 Å². The average Bonchev–Trinajstić information content (AvgIpc) is 3.01. The van der Waals surface area contributed by atoms with E-state index in [0.717, 1.165) is 37.8 Å². The zero-order chi connectivity index (χ0) is 12.4. The molecular weight excluding hydrogens is 246 g/mol. The Bertz CT molecular complexity index is 492. The first kappa shape index (κ1) is 11.7. The van der Waals surface area contributed by atoms with E-state index in [1.54, 1.807) is 11.3 Å². The summed E-state index contributed by atoms with van der Waals surface area (Å²) in [7, 11) is 0. The summed E-state index contributed by atoms with van der Waals surface area (Å²) in [5, 5.41) is 15.0. The highest BCUT2D eigenvalue weighted by atomic mass is 32.1. The summed E-state index contributed by atoms with van der Waals surface area (Å²) in [6, 6.07) is 2.62. The van der Waals surface area contributed by atoms with Crippen molar-refractivity contribution in [3.05, 3.63) is 28.2 Å². The van der Waals surface area contributed by atoms with Crippen LogP contribution >= 0.6 is 11.3 Å². The molecule has 1 saturated heterocycles. The number of piperazine rings is 1. The van der Waals surface area contributed by atoms with E-state index >= 15 is 0 Å². The molecule has 1 aliphatic rings. The first-order valence-corrected chi connectivity index (χ1v) is 7.16. The van der Waals surface area contributed by atoms with Crippen molar-refractivity contribution in [1.29, 1.82) is 0 Å². The van der Waals surface area contributed by atoms with Crippen molar-refractivity contribution < 1.29 is 0 Å². The number of hydrogen-bond donors (Lipinski definition) is 2. The molecule has 2 aromatic rings. The van der Waals surface area contributed by atoms with Crippen LogP contribution in [-0.4, -0.2) is 40.9 Å². The van der Waals surface area contributed by atoms with Gasteiger partial charge in [0.25, 0.3) is 0 Å². The number of rotatable bonds is 3. The van der Waals surface area contributed by atoms with E-state index in [4.69, 9.17) is 0 Å². The molecule has 1 fully saturated rings. The van der Waals surface area contributed by atoms with Crippen molar-refractivity contribution in [2.24, 2.45) is 0 Å². The molecule has 0 aliphatic carbocycles. The fourth-order valence-corrected chi connectivity index (χ4v) is 2.87. The summed E-state index contributed by atoms with van der Waals surface area (Å²) in [6.07, 6.45) is 0.831. The predicted molar refractivity (Wildman–Crippen MR) is 73.2 cm³/mol. The third-order valence-electron chi connectivity index (χ3n) is 3.12. The standard InChI is InChI=1S/C12H17N5S/c1-9-7-17(4-3-13-9)12-14-11(15-16-12)6-10-2-5-18-8-10/h2,5,8-9,13H,3-4,6-7H2,1H3,(H,14,15,16)/t9-/m1/s1. The first-order valence-electron chi connectivity index (χ1n) is 6.22. The maximum atomic E-state index is 4.58. The minimum absolute atomic E-state index is 0.498. The smallest absolute Gasteiger partial charge is 0.244 e. The molecule has 0 bridgehead atoms. The van der Waals surface area contributed by atoms with Crippen LogP contribution in [0.25, 0.3) is 0 Å². The van der Waals surface area contributed by atoms with E-state index in [1.165, 1.54) is 5.56 Å². The van der Waals surface area contributed by atoms with Gasteiger partial charge in [-0.25, -0.2) is 0 Å². The molecule has 96 valence electrons. The molecule has 2 aromatic heterocycles. The number of aromatic amines is 1. The van der Waals surface area contributed by atoms with Crippen molar-refractivity contribution >= 4 is 17.3 Å². The summed E-state index contributed by atoms with van der Waals surface area (Å²) in [6.45, 7) is 5.12. The van der Waals surface area contributed by atoms with Crippen LogP contribution in [0, 0.1) is 0 Å². The minimum Gasteiger partial charge on any atom is -0.337 e. The maximum absolute atomic E-state index is 4.58. The van der Waals surface area contributed by atoms with Crippen LogP contribution in [0.2, 0.25) is 0 Å². The maximum Gasteiger partial charge on any atom is 0.244 e. The van der Waals surface area contributed by atoms with E-state index < -0.39 is 0 Å². The third-order valence-corrected chi connectivity index (χ3v) is 3.86. The van der Waals surface area contributed by atoms with Gasteiger partial charge in [-0.1, -0.05) is 0 Å². The summed E-state index contributed by atoms with van der Waals surface area (Å²) in [5.74, 6) is 1.77. The lowest BCUT2D eigenvalue weighted by molar-refractivity contribution is 0.480. The second kappa shape index (κ2) is 5.07. The molecule has 0 unspecified atom stereocenters. The number of anilines is 1. The van der Waals surface area contributed by atoms with Gasteiger partial charge in [0.1, 0.15) is 5.82 Å². The summed E-state index contributed by atoms with van der Waals surface area (Å²) < 4.78 is 0. The van der Waals surface area contributed by atoms with Gasteiger partial charge in [0, 0.05) is 32.1 Å². The molecule has 1 atom stereocenters. The molecule has 3 rings (SSSR count). The lowest BCUT2D eigenvalue weighted by atomic mass is 10.2. The Morgan fingerprint density at radius 1 is 1.56 bits per heavy atom. The molecule has 5 nitrogen and oxygen atoms in total. The van der Waals surface area contributed by atoms with E-state index in [2.05, 4.69) is 49.1 Å². The Labute approximate surface area is 110 Å². The fourth-order valence-electron chi connectivity index (χ4n) is 2.21. The summed E-state index contributed by atoms with van der Waals surface area (Å²) >= 11 is 1.71. The van der Waals surface area contributed by atoms with Crippen LogP contribution in [0.4, 0.5) is 5.95 Å².